The number of anilines is 1. The van der Waals surface area contributed by atoms with Gasteiger partial charge in [0, 0.05) is 19.6 Å². The van der Waals surface area contributed by atoms with Crippen molar-refractivity contribution in [1.29, 1.82) is 0 Å². The Morgan fingerprint density at radius 1 is 1.26 bits per heavy atom. The molecule has 120 valence electrons. The van der Waals surface area contributed by atoms with Gasteiger partial charge in [-0.3, -0.25) is 4.79 Å². The molecule has 0 aromatic carbocycles. The molecule has 0 N–H and O–H groups in total. The summed E-state index contributed by atoms with van der Waals surface area (Å²) in [6.07, 6.45) is 1.51. The van der Waals surface area contributed by atoms with Crippen LogP contribution in [-0.2, 0) is 4.74 Å². The van der Waals surface area contributed by atoms with E-state index < -0.39 is 0 Å². The van der Waals surface area contributed by atoms with E-state index in [0.29, 0.717) is 25.5 Å². The highest BCUT2D eigenvalue weighted by Gasteiger charge is 2.43. The van der Waals surface area contributed by atoms with Gasteiger partial charge in [-0.15, -0.1) is 5.10 Å². The maximum atomic E-state index is 12.5. The first-order chi connectivity index (χ1) is 11.2. The monoisotopic (exact) mass is 314 g/mol. The highest BCUT2D eigenvalue weighted by molar-refractivity contribution is 5.91. The van der Waals surface area contributed by atoms with Crippen LogP contribution in [-0.4, -0.2) is 59.4 Å². The molecule has 7 heteroatoms. The molecular weight excluding hydrogens is 296 g/mol. The largest absolute Gasteiger partial charge is 0.459 e. The number of ether oxygens (including phenoxy) is 1. The van der Waals surface area contributed by atoms with Crippen LogP contribution in [0.1, 0.15) is 16.2 Å². The SMILES string of the molecule is Cc1ccc(N2CCO[C@H]3CN(C(=O)c4ccco4)C[C@H]32)nn1. The number of rotatable bonds is 2. The summed E-state index contributed by atoms with van der Waals surface area (Å²) >= 11 is 0. The number of morpholine rings is 1. The molecule has 0 aliphatic carbocycles. The number of fused-ring (bicyclic) bond motifs is 1. The van der Waals surface area contributed by atoms with Gasteiger partial charge in [0.25, 0.3) is 5.91 Å². The second-order valence-corrected chi connectivity index (χ2v) is 5.89. The molecular formula is C16H18N4O3. The third-order valence-electron chi connectivity index (χ3n) is 4.40. The summed E-state index contributed by atoms with van der Waals surface area (Å²) in [4.78, 5) is 16.4. The molecule has 0 radical (unpaired) electrons. The minimum atomic E-state index is -0.0945. The van der Waals surface area contributed by atoms with Crippen molar-refractivity contribution in [2.24, 2.45) is 0 Å². The van der Waals surface area contributed by atoms with Gasteiger partial charge in [-0.25, -0.2) is 0 Å². The molecule has 0 bridgehead atoms. The number of hydrogen-bond donors (Lipinski definition) is 0. The zero-order chi connectivity index (χ0) is 15.8. The van der Waals surface area contributed by atoms with Crippen LogP contribution in [0.4, 0.5) is 5.82 Å². The Hall–Kier alpha value is -2.41. The van der Waals surface area contributed by atoms with Crippen LogP contribution in [0.2, 0.25) is 0 Å². The summed E-state index contributed by atoms with van der Waals surface area (Å²) in [5, 5.41) is 8.42. The predicted molar refractivity (Wildman–Crippen MR) is 82.3 cm³/mol. The van der Waals surface area contributed by atoms with Crippen molar-refractivity contribution in [2.75, 3.05) is 31.1 Å². The number of carbonyl (C=O) groups excluding carboxylic acids is 1. The number of nitrogens with zero attached hydrogens (tertiary/aromatic N) is 4. The van der Waals surface area contributed by atoms with E-state index in [-0.39, 0.29) is 18.1 Å². The summed E-state index contributed by atoms with van der Waals surface area (Å²) in [7, 11) is 0. The predicted octanol–water partition coefficient (Wildman–Crippen LogP) is 1.11. The summed E-state index contributed by atoms with van der Waals surface area (Å²) in [6, 6.07) is 7.43. The van der Waals surface area contributed by atoms with Gasteiger partial charge in [-0.2, -0.15) is 5.10 Å². The second-order valence-electron chi connectivity index (χ2n) is 5.89. The maximum absolute atomic E-state index is 12.5. The molecule has 23 heavy (non-hydrogen) atoms. The molecule has 1 amide bonds. The summed E-state index contributed by atoms with van der Waals surface area (Å²) in [5.41, 5.74) is 0.889. The zero-order valence-electron chi connectivity index (χ0n) is 12.9. The quantitative estimate of drug-likeness (QED) is 0.827. The van der Waals surface area contributed by atoms with Crippen LogP contribution in [0.15, 0.2) is 34.9 Å². The molecule has 2 fully saturated rings. The van der Waals surface area contributed by atoms with E-state index in [1.165, 1.54) is 6.26 Å². The smallest absolute Gasteiger partial charge is 0.289 e. The zero-order valence-corrected chi connectivity index (χ0v) is 12.9. The number of furan rings is 1. The number of carbonyl (C=O) groups is 1. The first kappa shape index (κ1) is 14.2. The highest BCUT2D eigenvalue weighted by atomic mass is 16.5. The number of amides is 1. The van der Waals surface area contributed by atoms with Crippen LogP contribution < -0.4 is 4.90 Å². The van der Waals surface area contributed by atoms with Crippen LogP contribution in [0, 0.1) is 6.92 Å². The normalized spacial score (nSPS) is 23.9. The first-order valence-corrected chi connectivity index (χ1v) is 7.74. The van der Waals surface area contributed by atoms with Crippen LogP contribution in [0.3, 0.4) is 0 Å². The van der Waals surface area contributed by atoms with E-state index in [9.17, 15) is 4.79 Å². The van der Waals surface area contributed by atoms with Crippen LogP contribution in [0.5, 0.6) is 0 Å². The Morgan fingerprint density at radius 3 is 2.91 bits per heavy atom. The molecule has 2 aromatic heterocycles. The molecule has 2 aliphatic rings. The maximum Gasteiger partial charge on any atom is 0.289 e. The number of aromatic nitrogens is 2. The van der Waals surface area contributed by atoms with Crippen molar-refractivity contribution in [3.8, 4) is 0 Å². The minimum absolute atomic E-state index is 0.00855. The van der Waals surface area contributed by atoms with Crippen molar-refractivity contribution in [3.63, 3.8) is 0 Å². The lowest BCUT2D eigenvalue weighted by Crippen LogP contribution is -2.51. The third kappa shape index (κ3) is 2.57. The van der Waals surface area contributed by atoms with Gasteiger partial charge in [0.15, 0.2) is 11.6 Å². The molecule has 2 atom stereocenters. The summed E-state index contributed by atoms with van der Waals surface area (Å²) in [5.74, 6) is 1.11. The molecule has 4 heterocycles. The van der Waals surface area contributed by atoms with E-state index in [2.05, 4.69) is 15.1 Å². The van der Waals surface area contributed by atoms with Crippen molar-refractivity contribution in [3.05, 3.63) is 42.0 Å². The Kier molecular flexibility index (Phi) is 3.49. The van der Waals surface area contributed by atoms with Gasteiger partial charge in [0.2, 0.25) is 0 Å². The minimum Gasteiger partial charge on any atom is -0.459 e. The average molecular weight is 314 g/mol. The van der Waals surface area contributed by atoms with Gasteiger partial charge in [0.1, 0.15) is 0 Å². The van der Waals surface area contributed by atoms with Crippen LogP contribution >= 0.6 is 0 Å². The van der Waals surface area contributed by atoms with E-state index in [1.54, 1.807) is 17.0 Å². The molecule has 2 aliphatic heterocycles. The van der Waals surface area contributed by atoms with Crippen molar-refractivity contribution >= 4 is 11.7 Å². The molecule has 2 saturated heterocycles. The lowest BCUT2D eigenvalue weighted by molar-refractivity contribution is 0.0296. The molecule has 0 unspecified atom stereocenters. The van der Waals surface area contributed by atoms with Crippen LogP contribution in [0.25, 0.3) is 0 Å². The standard InChI is InChI=1S/C16H18N4O3/c1-11-4-5-15(18-17-11)20-6-8-23-14-10-19(9-12(14)20)16(21)13-3-2-7-22-13/h2-5,7,12,14H,6,8-10H2,1H3/t12-,14+/m1/s1. The molecule has 0 spiro atoms. The van der Waals surface area contributed by atoms with E-state index in [0.717, 1.165) is 18.1 Å². The number of hydrogen-bond acceptors (Lipinski definition) is 6. The summed E-state index contributed by atoms with van der Waals surface area (Å²) < 4.78 is 11.1. The Labute approximate surface area is 133 Å². The molecule has 2 aromatic rings. The molecule has 7 nitrogen and oxygen atoms in total. The summed E-state index contributed by atoms with van der Waals surface area (Å²) in [6.45, 7) is 4.46. The number of aryl methyl sites for hydroxylation is 1. The fourth-order valence-electron chi connectivity index (χ4n) is 3.24. The van der Waals surface area contributed by atoms with Crippen molar-refractivity contribution in [2.45, 2.75) is 19.1 Å². The second kappa shape index (κ2) is 5.66. The topological polar surface area (TPSA) is 71.7 Å². The lowest BCUT2D eigenvalue weighted by atomic mass is 10.1. The molecule has 4 rings (SSSR count). The van der Waals surface area contributed by atoms with Gasteiger partial charge in [-0.1, -0.05) is 0 Å². The van der Waals surface area contributed by atoms with Crippen molar-refractivity contribution in [1.82, 2.24) is 15.1 Å². The average Bonchev–Trinajstić information content (AvgIpc) is 3.24. The van der Waals surface area contributed by atoms with Gasteiger partial charge in [-0.05, 0) is 31.2 Å². The van der Waals surface area contributed by atoms with Gasteiger partial charge >= 0.3 is 0 Å². The number of likely N-dealkylation sites (tertiary alicyclic amines) is 1. The highest BCUT2D eigenvalue weighted by Crippen LogP contribution is 2.27. The fourth-order valence-corrected chi connectivity index (χ4v) is 3.24. The van der Waals surface area contributed by atoms with Gasteiger partial charge in [0.05, 0.1) is 30.7 Å². The van der Waals surface area contributed by atoms with Crippen molar-refractivity contribution < 1.29 is 13.9 Å². The Bertz CT molecular complexity index is 686. The van der Waals surface area contributed by atoms with E-state index in [4.69, 9.17) is 9.15 Å². The Balaban J connectivity index is 1.54. The third-order valence-corrected chi connectivity index (χ3v) is 4.40. The molecule has 0 saturated carbocycles. The fraction of sp³-hybridized carbons (Fsp3) is 0.438. The first-order valence-electron chi connectivity index (χ1n) is 7.74. The Morgan fingerprint density at radius 2 is 2.17 bits per heavy atom. The van der Waals surface area contributed by atoms with E-state index >= 15 is 0 Å². The lowest BCUT2D eigenvalue weighted by Gasteiger charge is -2.37. The van der Waals surface area contributed by atoms with Gasteiger partial charge < -0.3 is 19.0 Å². The van der Waals surface area contributed by atoms with E-state index in [1.807, 2.05) is 19.1 Å².